The van der Waals surface area contributed by atoms with Crippen LogP contribution >= 0.6 is 0 Å². The standard InChI is InChI=1S/C27H31FN4O3/c28-21-9-5-19(6-10-21)25(33)30-27-29-23-13-4-18(17-31-14-2-1-3-15-31)16-24(23)32(27)22-11-7-20(8-12-22)26(34)35/h4-6,9-10,13,16,20,22H,1-3,7-8,11-12,14-15,17H2,(H,34,35)(H,29,30,33)/t20-,22+. The molecule has 1 aliphatic heterocycles. The van der Waals surface area contributed by atoms with E-state index in [0.717, 1.165) is 30.7 Å². The van der Waals surface area contributed by atoms with E-state index in [0.29, 0.717) is 36.9 Å². The molecule has 35 heavy (non-hydrogen) atoms. The average molecular weight is 479 g/mol. The van der Waals surface area contributed by atoms with Crippen molar-refractivity contribution in [3.63, 3.8) is 0 Å². The van der Waals surface area contributed by atoms with Gasteiger partial charge in [0.1, 0.15) is 5.82 Å². The summed E-state index contributed by atoms with van der Waals surface area (Å²) in [6.07, 6.45) is 6.36. The number of amides is 1. The van der Waals surface area contributed by atoms with Crippen molar-refractivity contribution in [2.24, 2.45) is 10.9 Å². The lowest BCUT2D eigenvalue weighted by molar-refractivity contribution is -0.143. The highest BCUT2D eigenvalue weighted by Gasteiger charge is 2.28. The SMILES string of the molecule is O=C(N=c1[nH]c2ccc(CN3CCCCC3)cc2n1[C@H]1CC[C@@H](C(=O)O)CC1)c1ccc(F)cc1. The molecule has 184 valence electrons. The van der Waals surface area contributed by atoms with Crippen LogP contribution in [0.25, 0.3) is 11.0 Å². The lowest BCUT2D eigenvalue weighted by Crippen LogP contribution is -2.30. The molecule has 2 heterocycles. The second-order valence-corrected chi connectivity index (χ2v) is 9.77. The van der Waals surface area contributed by atoms with Crippen molar-refractivity contribution in [1.29, 1.82) is 0 Å². The number of imidazole rings is 1. The summed E-state index contributed by atoms with van der Waals surface area (Å²) < 4.78 is 15.4. The van der Waals surface area contributed by atoms with E-state index in [1.54, 1.807) is 0 Å². The number of carboxylic acids is 1. The number of carbonyl (C=O) groups is 2. The van der Waals surface area contributed by atoms with Gasteiger partial charge in [-0.05, 0) is 93.6 Å². The summed E-state index contributed by atoms with van der Waals surface area (Å²) in [7, 11) is 0. The molecule has 7 nitrogen and oxygen atoms in total. The smallest absolute Gasteiger partial charge is 0.306 e. The van der Waals surface area contributed by atoms with Gasteiger partial charge in [0.25, 0.3) is 5.91 Å². The van der Waals surface area contributed by atoms with Crippen molar-refractivity contribution in [2.75, 3.05) is 13.1 Å². The number of hydrogen-bond acceptors (Lipinski definition) is 3. The number of benzene rings is 2. The molecule has 0 atom stereocenters. The Hall–Kier alpha value is -3.26. The Morgan fingerprint density at radius 2 is 1.71 bits per heavy atom. The number of aromatic nitrogens is 2. The topological polar surface area (TPSA) is 90.7 Å². The number of likely N-dealkylation sites (tertiary alicyclic amines) is 1. The third-order valence-corrected chi connectivity index (χ3v) is 7.36. The molecule has 8 heteroatoms. The molecule has 1 aliphatic carbocycles. The van der Waals surface area contributed by atoms with Crippen LogP contribution in [0, 0.1) is 11.7 Å². The molecular weight excluding hydrogens is 447 g/mol. The van der Waals surface area contributed by atoms with Crippen LogP contribution < -0.4 is 5.62 Å². The Kier molecular flexibility index (Phi) is 6.81. The summed E-state index contributed by atoms with van der Waals surface area (Å²) in [5.41, 5.74) is 3.84. The molecule has 5 rings (SSSR count). The molecule has 1 saturated heterocycles. The van der Waals surface area contributed by atoms with Gasteiger partial charge < -0.3 is 14.7 Å². The molecule has 0 unspecified atom stereocenters. The normalized spacial score (nSPS) is 21.9. The van der Waals surface area contributed by atoms with Crippen molar-refractivity contribution in [3.8, 4) is 0 Å². The minimum atomic E-state index is -0.743. The lowest BCUT2D eigenvalue weighted by Gasteiger charge is -2.28. The van der Waals surface area contributed by atoms with Crippen molar-refractivity contribution in [1.82, 2.24) is 14.5 Å². The van der Waals surface area contributed by atoms with Crippen molar-refractivity contribution >= 4 is 22.9 Å². The van der Waals surface area contributed by atoms with Gasteiger partial charge in [-0.25, -0.2) is 4.39 Å². The summed E-state index contributed by atoms with van der Waals surface area (Å²) in [6.45, 7) is 3.10. The summed E-state index contributed by atoms with van der Waals surface area (Å²) in [5, 5.41) is 9.43. The number of rotatable bonds is 5. The van der Waals surface area contributed by atoms with Crippen LogP contribution in [0.5, 0.6) is 0 Å². The van der Waals surface area contributed by atoms with E-state index >= 15 is 0 Å². The number of aromatic amines is 1. The summed E-state index contributed by atoms with van der Waals surface area (Å²) in [5.74, 6) is -1.92. The lowest BCUT2D eigenvalue weighted by atomic mass is 9.86. The van der Waals surface area contributed by atoms with E-state index in [4.69, 9.17) is 0 Å². The Morgan fingerprint density at radius 1 is 1.00 bits per heavy atom. The number of carbonyl (C=O) groups excluding carboxylic acids is 1. The van der Waals surface area contributed by atoms with Gasteiger partial charge in [0.15, 0.2) is 0 Å². The number of H-pyrrole nitrogens is 1. The maximum Gasteiger partial charge on any atom is 0.306 e. The first-order chi connectivity index (χ1) is 17.0. The molecule has 0 spiro atoms. The van der Waals surface area contributed by atoms with Crippen molar-refractivity contribution in [2.45, 2.75) is 57.5 Å². The highest BCUT2D eigenvalue weighted by molar-refractivity contribution is 5.94. The molecule has 0 radical (unpaired) electrons. The quantitative estimate of drug-likeness (QED) is 0.558. The monoisotopic (exact) mass is 478 g/mol. The van der Waals surface area contributed by atoms with Gasteiger partial charge in [-0.1, -0.05) is 12.5 Å². The fourth-order valence-corrected chi connectivity index (χ4v) is 5.44. The summed E-state index contributed by atoms with van der Waals surface area (Å²) >= 11 is 0. The molecule has 2 N–H and O–H groups in total. The van der Waals surface area contributed by atoms with Crippen LogP contribution in [0.2, 0.25) is 0 Å². The van der Waals surface area contributed by atoms with E-state index in [2.05, 4.69) is 31.6 Å². The molecule has 0 bridgehead atoms. The van der Waals surface area contributed by atoms with Gasteiger partial charge in [0.05, 0.1) is 17.0 Å². The number of nitrogens with one attached hydrogen (secondary N) is 1. The van der Waals surface area contributed by atoms with E-state index in [1.165, 1.54) is 49.1 Å². The molecule has 2 aliphatic rings. The van der Waals surface area contributed by atoms with E-state index in [1.807, 2.05) is 6.07 Å². The minimum Gasteiger partial charge on any atom is -0.481 e. The molecular formula is C27H31FN4O3. The van der Waals surface area contributed by atoms with Crippen LogP contribution in [-0.2, 0) is 11.3 Å². The average Bonchev–Trinajstić information content (AvgIpc) is 3.22. The highest BCUT2D eigenvalue weighted by atomic mass is 19.1. The number of piperidine rings is 1. The first-order valence-electron chi connectivity index (χ1n) is 12.5. The minimum absolute atomic E-state index is 0.0457. The fourth-order valence-electron chi connectivity index (χ4n) is 5.44. The van der Waals surface area contributed by atoms with E-state index < -0.39 is 17.7 Å². The van der Waals surface area contributed by atoms with Gasteiger partial charge in [-0.15, -0.1) is 0 Å². The number of fused-ring (bicyclic) bond motifs is 1. The van der Waals surface area contributed by atoms with Gasteiger partial charge in [0, 0.05) is 18.2 Å². The Bertz CT molecular complexity index is 1280. The summed E-state index contributed by atoms with van der Waals surface area (Å²) in [4.78, 5) is 34.6. The third-order valence-electron chi connectivity index (χ3n) is 7.36. The van der Waals surface area contributed by atoms with Crippen LogP contribution in [0.3, 0.4) is 0 Å². The molecule has 3 aromatic rings. The van der Waals surface area contributed by atoms with Crippen molar-refractivity contribution < 1.29 is 19.1 Å². The summed E-state index contributed by atoms with van der Waals surface area (Å²) in [6, 6.07) is 11.7. The number of carboxylic acid groups (broad SMARTS) is 1. The van der Waals surface area contributed by atoms with Gasteiger partial charge >= 0.3 is 5.97 Å². The van der Waals surface area contributed by atoms with Gasteiger partial charge in [-0.3, -0.25) is 14.5 Å². The maximum absolute atomic E-state index is 13.3. The van der Waals surface area contributed by atoms with Gasteiger partial charge in [0.2, 0.25) is 5.62 Å². The number of aliphatic carboxylic acids is 1. The van der Waals surface area contributed by atoms with Crippen LogP contribution in [0.4, 0.5) is 4.39 Å². The van der Waals surface area contributed by atoms with Crippen LogP contribution in [-0.4, -0.2) is 44.5 Å². The number of hydrogen-bond donors (Lipinski definition) is 2. The molecule has 1 saturated carbocycles. The zero-order chi connectivity index (χ0) is 24.4. The second-order valence-electron chi connectivity index (χ2n) is 9.77. The molecule has 1 amide bonds. The third kappa shape index (κ3) is 5.22. The zero-order valence-corrected chi connectivity index (χ0v) is 19.8. The predicted molar refractivity (Wildman–Crippen MR) is 130 cm³/mol. The second kappa shape index (κ2) is 10.2. The number of halogens is 1. The van der Waals surface area contributed by atoms with E-state index in [-0.39, 0.29) is 12.0 Å². The van der Waals surface area contributed by atoms with Crippen LogP contribution in [0.15, 0.2) is 47.5 Å². The Labute approximate surface area is 203 Å². The molecule has 1 aromatic heterocycles. The van der Waals surface area contributed by atoms with Crippen LogP contribution in [0.1, 0.15) is 66.9 Å². The van der Waals surface area contributed by atoms with Crippen molar-refractivity contribution in [3.05, 3.63) is 65.0 Å². The van der Waals surface area contributed by atoms with E-state index in [9.17, 15) is 19.1 Å². The predicted octanol–water partition coefficient (Wildman–Crippen LogP) is 4.65. The maximum atomic E-state index is 13.3. The fraction of sp³-hybridized carbons (Fsp3) is 0.444. The Morgan fingerprint density at radius 3 is 2.40 bits per heavy atom. The number of nitrogens with zero attached hydrogens (tertiary/aromatic N) is 3. The highest BCUT2D eigenvalue weighted by Crippen LogP contribution is 2.33. The first-order valence-corrected chi connectivity index (χ1v) is 12.5. The first kappa shape index (κ1) is 23.5. The largest absolute Gasteiger partial charge is 0.481 e. The molecule has 2 fully saturated rings. The zero-order valence-electron chi connectivity index (χ0n) is 19.8. The molecule has 2 aromatic carbocycles. The Balaban J connectivity index is 1.53. The van der Waals surface area contributed by atoms with Gasteiger partial charge in [-0.2, -0.15) is 4.99 Å².